The molecule has 0 amide bonds. The van der Waals surface area contributed by atoms with E-state index in [1.807, 2.05) is 0 Å². The number of nitrogens with zero attached hydrogens (tertiary/aromatic N) is 1. The Kier molecular flexibility index (Phi) is 3.28. The van der Waals surface area contributed by atoms with Gasteiger partial charge in [0.25, 0.3) is 5.69 Å². The molecule has 1 atom stereocenters. The third-order valence-corrected chi connectivity index (χ3v) is 2.93. The lowest BCUT2D eigenvalue weighted by molar-refractivity contribution is -0.384. The van der Waals surface area contributed by atoms with Gasteiger partial charge in [-0.15, -0.1) is 0 Å². The molecule has 1 aliphatic carbocycles. The molecular weight excluding hydrogens is 246 g/mol. The maximum atomic E-state index is 11.1. The number of halogens is 1. The standard InChI is InChI=1S/C11H10ClNO4/c12-10-4-1-7(13(15)16)5-11(10)17-9-3-2-8(14)6-9/h1,4-5,9H,2-3,6H2. The first-order valence-electron chi connectivity index (χ1n) is 5.18. The fraction of sp³-hybridized carbons (Fsp3) is 0.364. The monoisotopic (exact) mass is 255 g/mol. The fourth-order valence-electron chi connectivity index (χ4n) is 1.76. The SMILES string of the molecule is O=C1CCC(Oc2cc([N+](=O)[O-])ccc2Cl)C1. The molecule has 1 unspecified atom stereocenters. The number of non-ortho nitro benzene ring substituents is 1. The molecule has 1 aliphatic rings. The summed E-state index contributed by atoms with van der Waals surface area (Å²) in [6.45, 7) is 0. The molecular formula is C11H10ClNO4. The Bertz CT molecular complexity index is 475. The Labute approximate surface area is 102 Å². The molecule has 0 spiro atoms. The van der Waals surface area contributed by atoms with Crippen molar-refractivity contribution < 1.29 is 14.5 Å². The molecule has 17 heavy (non-hydrogen) atoms. The third-order valence-electron chi connectivity index (χ3n) is 2.62. The van der Waals surface area contributed by atoms with Crippen LogP contribution in [0, 0.1) is 10.1 Å². The van der Waals surface area contributed by atoms with Crippen LogP contribution < -0.4 is 4.74 Å². The topological polar surface area (TPSA) is 69.4 Å². The zero-order valence-corrected chi connectivity index (χ0v) is 9.64. The molecule has 0 bridgehead atoms. The van der Waals surface area contributed by atoms with Gasteiger partial charge in [-0.05, 0) is 12.5 Å². The van der Waals surface area contributed by atoms with E-state index in [1.54, 1.807) is 0 Å². The summed E-state index contributed by atoms with van der Waals surface area (Å²) in [4.78, 5) is 21.2. The van der Waals surface area contributed by atoms with E-state index in [9.17, 15) is 14.9 Å². The Hall–Kier alpha value is -1.62. The second-order valence-electron chi connectivity index (χ2n) is 3.89. The smallest absolute Gasteiger partial charge is 0.273 e. The van der Waals surface area contributed by atoms with Gasteiger partial charge < -0.3 is 4.74 Å². The van der Waals surface area contributed by atoms with Gasteiger partial charge in [0.1, 0.15) is 17.6 Å². The highest BCUT2D eigenvalue weighted by molar-refractivity contribution is 6.32. The van der Waals surface area contributed by atoms with E-state index in [-0.39, 0.29) is 23.3 Å². The molecule has 6 heteroatoms. The van der Waals surface area contributed by atoms with Gasteiger partial charge in [0.05, 0.1) is 16.0 Å². The summed E-state index contributed by atoms with van der Waals surface area (Å²) in [5.41, 5.74) is -0.0753. The molecule has 90 valence electrons. The van der Waals surface area contributed by atoms with Crippen LogP contribution in [0.25, 0.3) is 0 Å². The van der Waals surface area contributed by atoms with Crippen LogP contribution >= 0.6 is 11.6 Å². The van der Waals surface area contributed by atoms with E-state index < -0.39 is 4.92 Å². The molecule has 1 aromatic rings. The number of benzene rings is 1. The molecule has 0 N–H and O–H groups in total. The number of Topliss-reactive ketones (excluding diaryl/α,β-unsaturated/α-hetero) is 1. The van der Waals surface area contributed by atoms with E-state index in [2.05, 4.69) is 0 Å². The third kappa shape index (κ3) is 2.74. The zero-order chi connectivity index (χ0) is 12.4. The van der Waals surface area contributed by atoms with Gasteiger partial charge in [0, 0.05) is 18.9 Å². The van der Waals surface area contributed by atoms with E-state index in [1.165, 1.54) is 18.2 Å². The lowest BCUT2D eigenvalue weighted by Crippen LogP contribution is -2.12. The second-order valence-corrected chi connectivity index (χ2v) is 4.30. The second kappa shape index (κ2) is 4.71. The quantitative estimate of drug-likeness (QED) is 0.615. The molecule has 0 heterocycles. The van der Waals surface area contributed by atoms with Crippen LogP contribution in [0.1, 0.15) is 19.3 Å². The average Bonchev–Trinajstić information content (AvgIpc) is 2.67. The molecule has 2 rings (SSSR count). The minimum absolute atomic E-state index is 0.0753. The predicted molar refractivity (Wildman–Crippen MR) is 61.4 cm³/mol. The molecule has 0 aliphatic heterocycles. The van der Waals surface area contributed by atoms with Crippen molar-refractivity contribution >= 4 is 23.1 Å². The molecule has 0 saturated heterocycles. The summed E-state index contributed by atoms with van der Waals surface area (Å²) < 4.78 is 5.51. The Morgan fingerprint density at radius 2 is 2.24 bits per heavy atom. The minimum Gasteiger partial charge on any atom is -0.488 e. The van der Waals surface area contributed by atoms with E-state index in [0.717, 1.165) is 0 Å². The van der Waals surface area contributed by atoms with Crippen LogP contribution in [0.2, 0.25) is 5.02 Å². The summed E-state index contributed by atoms with van der Waals surface area (Å²) >= 11 is 5.88. The van der Waals surface area contributed by atoms with Crippen LogP contribution in [-0.2, 0) is 4.79 Å². The van der Waals surface area contributed by atoms with Gasteiger partial charge in [-0.1, -0.05) is 11.6 Å². The number of hydrogen-bond donors (Lipinski definition) is 0. The van der Waals surface area contributed by atoms with Crippen LogP contribution in [0.3, 0.4) is 0 Å². The van der Waals surface area contributed by atoms with Crippen LogP contribution in [0.5, 0.6) is 5.75 Å². The van der Waals surface area contributed by atoms with Crippen molar-refractivity contribution in [3.63, 3.8) is 0 Å². The highest BCUT2D eigenvalue weighted by Gasteiger charge is 2.24. The normalized spacial score (nSPS) is 19.4. The molecule has 1 aromatic carbocycles. The molecule has 0 aromatic heterocycles. The number of hydrogen-bond acceptors (Lipinski definition) is 4. The summed E-state index contributed by atoms with van der Waals surface area (Å²) in [5.74, 6) is 0.414. The van der Waals surface area contributed by atoms with Gasteiger partial charge in [-0.2, -0.15) is 0 Å². The summed E-state index contributed by atoms with van der Waals surface area (Å²) in [5, 5.41) is 10.9. The van der Waals surface area contributed by atoms with Crippen molar-refractivity contribution in [1.82, 2.24) is 0 Å². The number of rotatable bonds is 3. The highest BCUT2D eigenvalue weighted by Crippen LogP contribution is 2.31. The van der Waals surface area contributed by atoms with Crippen molar-refractivity contribution in [2.24, 2.45) is 0 Å². The van der Waals surface area contributed by atoms with Crippen LogP contribution in [0.15, 0.2) is 18.2 Å². The van der Waals surface area contributed by atoms with Crippen LogP contribution in [0.4, 0.5) is 5.69 Å². The number of carbonyl (C=O) groups is 1. The lowest BCUT2D eigenvalue weighted by atomic mass is 10.2. The average molecular weight is 256 g/mol. The Balaban J connectivity index is 2.17. The van der Waals surface area contributed by atoms with Gasteiger partial charge in [0.15, 0.2) is 0 Å². The largest absolute Gasteiger partial charge is 0.488 e. The summed E-state index contributed by atoms with van der Waals surface area (Å²) in [6, 6.07) is 4.02. The van der Waals surface area contributed by atoms with Crippen LogP contribution in [-0.4, -0.2) is 16.8 Å². The van der Waals surface area contributed by atoms with E-state index in [4.69, 9.17) is 16.3 Å². The van der Waals surface area contributed by atoms with E-state index >= 15 is 0 Å². The first-order chi connectivity index (χ1) is 8.06. The van der Waals surface area contributed by atoms with Crippen molar-refractivity contribution in [2.45, 2.75) is 25.4 Å². The maximum Gasteiger partial charge on any atom is 0.273 e. The number of carbonyl (C=O) groups excluding carboxylic acids is 1. The molecule has 0 radical (unpaired) electrons. The van der Waals surface area contributed by atoms with Crippen molar-refractivity contribution in [3.8, 4) is 5.75 Å². The molecule has 1 saturated carbocycles. The number of nitro groups is 1. The van der Waals surface area contributed by atoms with Crippen molar-refractivity contribution in [1.29, 1.82) is 0 Å². The summed E-state index contributed by atoms with van der Waals surface area (Å²) in [6.07, 6.45) is 1.26. The maximum absolute atomic E-state index is 11.1. The minimum atomic E-state index is -0.511. The van der Waals surface area contributed by atoms with Crippen molar-refractivity contribution in [3.05, 3.63) is 33.3 Å². The van der Waals surface area contributed by atoms with Gasteiger partial charge >= 0.3 is 0 Å². The Morgan fingerprint density at radius 3 is 2.82 bits per heavy atom. The highest BCUT2D eigenvalue weighted by atomic mass is 35.5. The zero-order valence-electron chi connectivity index (χ0n) is 8.89. The molecule has 5 nitrogen and oxygen atoms in total. The first kappa shape index (κ1) is 11.9. The number of ether oxygens (including phenoxy) is 1. The van der Waals surface area contributed by atoms with Gasteiger partial charge in [-0.3, -0.25) is 14.9 Å². The first-order valence-corrected chi connectivity index (χ1v) is 5.56. The fourth-order valence-corrected chi connectivity index (χ4v) is 1.92. The molecule has 1 fully saturated rings. The lowest BCUT2D eigenvalue weighted by Gasteiger charge is -2.13. The summed E-state index contributed by atoms with van der Waals surface area (Å²) in [7, 11) is 0. The Morgan fingerprint density at radius 1 is 1.47 bits per heavy atom. The van der Waals surface area contributed by atoms with Crippen molar-refractivity contribution in [2.75, 3.05) is 0 Å². The number of ketones is 1. The predicted octanol–water partition coefficient (Wildman–Crippen LogP) is 2.75. The number of nitro benzene ring substituents is 1. The van der Waals surface area contributed by atoms with Gasteiger partial charge in [-0.25, -0.2) is 0 Å². The van der Waals surface area contributed by atoms with E-state index in [0.29, 0.717) is 24.3 Å². The van der Waals surface area contributed by atoms with Gasteiger partial charge in [0.2, 0.25) is 0 Å².